The van der Waals surface area contributed by atoms with Crippen LogP contribution in [-0.2, 0) is 0 Å². The molecule has 3 nitrogen and oxygen atoms in total. The first kappa shape index (κ1) is 12.3. The molecule has 0 radical (unpaired) electrons. The summed E-state index contributed by atoms with van der Waals surface area (Å²) in [6.07, 6.45) is 3.01. The van der Waals surface area contributed by atoms with E-state index in [1.165, 1.54) is 0 Å². The molecule has 1 amide bonds. The van der Waals surface area contributed by atoms with Crippen LogP contribution in [-0.4, -0.2) is 29.4 Å². The molecule has 82 valence electrons. The van der Waals surface area contributed by atoms with Gasteiger partial charge in [0.15, 0.2) is 0 Å². The van der Waals surface area contributed by atoms with Crippen LogP contribution in [0.2, 0.25) is 5.15 Å². The Balaban J connectivity index is 2.40. The van der Waals surface area contributed by atoms with Crippen molar-refractivity contribution in [3.8, 4) is 0 Å². The number of amides is 1. The summed E-state index contributed by atoms with van der Waals surface area (Å²) in [5.74, 6) is 0.877. The predicted octanol–water partition coefficient (Wildman–Crippen LogP) is 2.22. The molecule has 0 aliphatic carbocycles. The Hall–Kier alpha value is -0.740. The van der Waals surface area contributed by atoms with Crippen LogP contribution in [0.15, 0.2) is 18.2 Å². The van der Waals surface area contributed by atoms with E-state index in [0.717, 1.165) is 12.2 Å². The number of carbonyl (C=O) groups excluding carboxylic acids is 1. The number of nitrogens with zero attached hydrogens (tertiary/aromatic N) is 1. The van der Waals surface area contributed by atoms with Crippen LogP contribution in [0.1, 0.15) is 16.9 Å². The van der Waals surface area contributed by atoms with E-state index in [9.17, 15) is 4.79 Å². The van der Waals surface area contributed by atoms with E-state index >= 15 is 0 Å². The fourth-order valence-electron chi connectivity index (χ4n) is 1.04. The summed E-state index contributed by atoms with van der Waals surface area (Å²) < 4.78 is 0. The van der Waals surface area contributed by atoms with Gasteiger partial charge in [-0.2, -0.15) is 11.8 Å². The van der Waals surface area contributed by atoms with Crippen molar-refractivity contribution in [2.75, 3.05) is 18.6 Å². The highest BCUT2D eigenvalue weighted by Gasteiger charge is 2.05. The Morgan fingerprint density at radius 1 is 1.60 bits per heavy atom. The molecule has 0 saturated heterocycles. The first-order chi connectivity index (χ1) is 7.24. The summed E-state index contributed by atoms with van der Waals surface area (Å²) in [4.78, 5) is 15.4. The maximum atomic E-state index is 11.5. The molecule has 15 heavy (non-hydrogen) atoms. The molecular weight excluding hydrogens is 232 g/mol. The minimum Gasteiger partial charge on any atom is -0.351 e. The van der Waals surface area contributed by atoms with Crippen molar-refractivity contribution in [2.45, 2.75) is 6.42 Å². The molecule has 5 heteroatoms. The number of rotatable bonds is 5. The van der Waals surface area contributed by atoms with Gasteiger partial charge in [0.25, 0.3) is 5.91 Å². The van der Waals surface area contributed by atoms with Gasteiger partial charge < -0.3 is 5.32 Å². The molecule has 0 unspecified atom stereocenters. The van der Waals surface area contributed by atoms with Crippen LogP contribution in [0.4, 0.5) is 0 Å². The highest BCUT2D eigenvalue weighted by molar-refractivity contribution is 7.98. The second-order valence-corrected chi connectivity index (χ2v) is 4.32. The van der Waals surface area contributed by atoms with E-state index in [-0.39, 0.29) is 5.91 Å². The average Bonchev–Trinajstić information content (AvgIpc) is 2.24. The zero-order chi connectivity index (χ0) is 11.1. The summed E-state index contributed by atoms with van der Waals surface area (Å²) in [6.45, 7) is 0.674. The van der Waals surface area contributed by atoms with Gasteiger partial charge in [-0.25, -0.2) is 4.98 Å². The Morgan fingerprint density at radius 3 is 3.07 bits per heavy atom. The second-order valence-electron chi connectivity index (χ2n) is 2.95. The lowest BCUT2D eigenvalue weighted by molar-refractivity contribution is 0.0949. The third-order valence-electron chi connectivity index (χ3n) is 1.76. The van der Waals surface area contributed by atoms with E-state index in [1.54, 1.807) is 30.0 Å². The molecule has 1 aromatic rings. The topological polar surface area (TPSA) is 42.0 Å². The Bertz CT molecular complexity index is 333. The smallest absolute Gasteiger partial charge is 0.269 e. The first-order valence-corrected chi connectivity index (χ1v) is 6.41. The molecular formula is C10H13ClN2OS. The van der Waals surface area contributed by atoms with Gasteiger partial charge >= 0.3 is 0 Å². The third-order valence-corrected chi connectivity index (χ3v) is 2.67. The van der Waals surface area contributed by atoms with Crippen LogP contribution in [0.5, 0.6) is 0 Å². The molecule has 1 heterocycles. The molecule has 0 bridgehead atoms. The molecule has 0 aromatic carbocycles. The number of halogens is 1. The maximum Gasteiger partial charge on any atom is 0.269 e. The van der Waals surface area contributed by atoms with Crippen LogP contribution in [0.25, 0.3) is 0 Å². The summed E-state index contributed by atoms with van der Waals surface area (Å²) in [5.41, 5.74) is 0.367. The minimum atomic E-state index is -0.168. The van der Waals surface area contributed by atoms with Crippen LogP contribution in [0.3, 0.4) is 0 Å². The fourth-order valence-corrected chi connectivity index (χ4v) is 1.64. The van der Waals surface area contributed by atoms with Crippen molar-refractivity contribution >= 4 is 29.3 Å². The number of aromatic nitrogens is 1. The summed E-state index contributed by atoms with van der Waals surface area (Å²) in [6, 6.07) is 5.01. The monoisotopic (exact) mass is 244 g/mol. The molecule has 0 fully saturated rings. The lowest BCUT2D eigenvalue weighted by Crippen LogP contribution is -2.25. The maximum absolute atomic E-state index is 11.5. The second kappa shape index (κ2) is 6.69. The van der Waals surface area contributed by atoms with E-state index in [0.29, 0.717) is 17.4 Å². The highest BCUT2D eigenvalue weighted by atomic mass is 35.5. The van der Waals surface area contributed by atoms with Crippen molar-refractivity contribution in [1.82, 2.24) is 10.3 Å². The van der Waals surface area contributed by atoms with Crippen molar-refractivity contribution in [1.29, 1.82) is 0 Å². The Labute approximate surface area is 98.6 Å². The molecule has 1 N–H and O–H groups in total. The quantitative estimate of drug-likeness (QED) is 0.638. The number of carbonyl (C=O) groups is 1. The first-order valence-electron chi connectivity index (χ1n) is 4.63. The standard InChI is InChI=1S/C10H13ClN2OS/c1-15-7-3-6-12-10(14)8-4-2-5-9(11)13-8/h2,4-5H,3,6-7H2,1H3,(H,12,14). The zero-order valence-electron chi connectivity index (χ0n) is 8.50. The molecule has 0 saturated carbocycles. The van der Waals surface area contributed by atoms with E-state index in [2.05, 4.69) is 10.3 Å². The number of thioether (sulfide) groups is 1. The Morgan fingerprint density at radius 2 is 2.40 bits per heavy atom. The van der Waals surface area contributed by atoms with Gasteiger partial charge in [-0.15, -0.1) is 0 Å². The summed E-state index contributed by atoms with van der Waals surface area (Å²) in [5, 5.41) is 3.13. The van der Waals surface area contributed by atoms with Crippen molar-refractivity contribution in [3.05, 3.63) is 29.0 Å². The lowest BCUT2D eigenvalue weighted by Gasteiger charge is -2.03. The third kappa shape index (κ3) is 4.53. The van der Waals surface area contributed by atoms with Crippen molar-refractivity contribution < 1.29 is 4.79 Å². The number of hydrogen-bond acceptors (Lipinski definition) is 3. The van der Waals surface area contributed by atoms with Gasteiger partial charge in [-0.1, -0.05) is 17.7 Å². The lowest BCUT2D eigenvalue weighted by atomic mass is 10.3. The van der Waals surface area contributed by atoms with Crippen LogP contribution < -0.4 is 5.32 Å². The van der Waals surface area contributed by atoms with Gasteiger partial charge in [-0.05, 0) is 30.6 Å². The largest absolute Gasteiger partial charge is 0.351 e. The molecule has 0 spiro atoms. The summed E-state index contributed by atoms with van der Waals surface area (Å²) >= 11 is 7.44. The normalized spacial score (nSPS) is 10.0. The van der Waals surface area contributed by atoms with Crippen LogP contribution >= 0.6 is 23.4 Å². The molecule has 1 rings (SSSR count). The predicted molar refractivity (Wildman–Crippen MR) is 64.6 cm³/mol. The van der Waals surface area contributed by atoms with Crippen molar-refractivity contribution in [3.63, 3.8) is 0 Å². The van der Waals surface area contributed by atoms with Gasteiger partial charge in [0, 0.05) is 6.54 Å². The number of hydrogen-bond donors (Lipinski definition) is 1. The van der Waals surface area contributed by atoms with Gasteiger partial charge in [0.2, 0.25) is 0 Å². The molecule has 0 aliphatic heterocycles. The van der Waals surface area contributed by atoms with E-state index < -0.39 is 0 Å². The summed E-state index contributed by atoms with van der Waals surface area (Å²) in [7, 11) is 0. The number of nitrogens with one attached hydrogen (secondary N) is 1. The molecule has 0 atom stereocenters. The van der Waals surface area contributed by atoms with Gasteiger partial charge in [0.05, 0.1) is 0 Å². The highest BCUT2D eigenvalue weighted by Crippen LogP contribution is 2.04. The average molecular weight is 245 g/mol. The fraction of sp³-hybridized carbons (Fsp3) is 0.400. The van der Waals surface area contributed by atoms with Crippen LogP contribution in [0, 0.1) is 0 Å². The van der Waals surface area contributed by atoms with Gasteiger partial charge in [-0.3, -0.25) is 4.79 Å². The van der Waals surface area contributed by atoms with Gasteiger partial charge in [0.1, 0.15) is 10.8 Å². The SMILES string of the molecule is CSCCCNC(=O)c1cccc(Cl)n1. The van der Waals surface area contributed by atoms with E-state index in [4.69, 9.17) is 11.6 Å². The minimum absolute atomic E-state index is 0.168. The van der Waals surface area contributed by atoms with E-state index in [1.807, 2.05) is 6.26 Å². The number of pyridine rings is 1. The van der Waals surface area contributed by atoms with Crippen molar-refractivity contribution in [2.24, 2.45) is 0 Å². The zero-order valence-corrected chi connectivity index (χ0v) is 10.1. The molecule has 0 aliphatic rings. The Kier molecular flexibility index (Phi) is 5.50. The molecule has 1 aromatic heterocycles.